The molecule has 4 aromatic carbocycles. The molecule has 1 aromatic heterocycles. The first-order valence-corrected chi connectivity index (χ1v) is 8.58. The van der Waals surface area contributed by atoms with Gasteiger partial charge in [0, 0.05) is 21.7 Å². The zero-order valence-electron chi connectivity index (χ0n) is 14.0. The number of nitrogens with zero attached hydrogens (tertiary/aromatic N) is 1. The third kappa shape index (κ3) is 2.20. The molecular weight excluding hydrogens is 302 g/mol. The number of benzene rings is 4. The van der Waals surface area contributed by atoms with Gasteiger partial charge in [-0.3, -0.25) is 0 Å². The highest BCUT2D eigenvalue weighted by atomic mass is 14.7. The maximum absolute atomic E-state index is 5.01. The summed E-state index contributed by atoms with van der Waals surface area (Å²) < 4.78 is 0. The van der Waals surface area contributed by atoms with Crippen LogP contribution < -0.4 is 0 Å². The molecule has 0 atom stereocenters. The number of aryl methyl sites for hydroxylation is 1. The van der Waals surface area contributed by atoms with E-state index in [0.29, 0.717) is 0 Å². The van der Waals surface area contributed by atoms with Gasteiger partial charge in [-0.1, -0.05) is 84.4 Å². The van der Waals surface area contributed by atoms with Crippen LogP contribution >= 0.6 is 0 Å². The number of hydrogen-bond acceptors (Lipinski definition) is 1. The van der Waals surface area contributed by atoms with E-state index < -0.39 is 0 Å². The second-order valence-electron chi connectivity index (χ2n) is 6.55. The zero-order chi connectivity index (χ0) is 16.8. The van der Waals surface area contributed by atoms with Gasteiger partial charge in [-0.05, 0) is 23.9 Å². The topological polar surface area (TPSA) is 12.9 Å². The van der Waals surface area contributed by atoms with Gasteiger partial charge in [-0.15, -0.1) is 0 Å². The lowest BCUT2D eigenvalue weighted by atomic mass is 9.94. The maximum atomic E-state index is 5.01. The zero-order valence-corrected chi connectivity index (χ0v) is 14.0. The van der Waals surface area contributed by atoms with Crippen LogP contribution in [0, 0.1) is 6.92 Å². The SMILES string of the molecule is Cc1ccc(-c2c3ccccc3nc3c2ccc2ccccc23)cc1. The molecule has 0 N–H and O–H groups in total. The van der Waals surface area contributed by atoms with Crippen LogP contribution in [-0.4, -0.2) is 4.98 Å². The molecule has 0 aliphatic heterocycles. The summed E-state index contributed by atoms with van der Waals surface area (Å²) in [5.41, 5.74) is 5.90. The Morgan fingerprint density at radius 1 is 0.600 bits per heavy atom. The van der Waals surface area contributed by atoms with E-state index in [1.54, 1.807) is 0 Å². The van der Waals surface area contributed by atoms with E-state index in [1.165, 1.54) is 38.2 Å². The Morgan fingerprint density at radius 2 is 1.32 bits per heavy atom. The van der Waals surface area contributed by atoms with Crippen LogP contribution in [0.5, 0.6) is 0 Å². The van der Waals surface area contributed by atoms with Gasteiger partial charge >= 0.3 is 0 Å². The lowest BCUT2D eigenvalue weighted by molar-refractivity contribution is 1.47. The molecule has 1 heteroatoms. The van der Waals surface area contributed by atoms with Gasteiger partial charge in [0.2, 0.25) is 0 Å². The van der Waals surface area contributed by atoms with Crippen LogP contribution in [0.15, 0.2) is 84.9 Å². The third-order valence-corrected chi connectivity index (χ3v) is 4.92. The molecule has 118 valence electrons. The van der Waals surface area contributed by atoms with Crippen molar-refractivity contribution in [3.8, 4) is 11.1 Å². The summed E-state index contributed by atoms with van der Waals surface area (Å²) in [6.07, 6.45) is 0. The van der Waals surface area contributed by atoms with E-state index in [0.717, 1.165) is 11.0 Å². The van der Waals surface area contributed by atoms with Crippen molar-refractivity contribution in [2.24, 2.45) is 0 Å². The van der Waals surface area contributed by atoms with Gasteiger partial charge < -0.3 is 0 Å². The fourth-order valence-electron chi connectivity index (χ4n) is 3.66. The van der Waals surface area contributed by atoms with E-state index in [9.17, 15) is 0 Å². The second kappa shape index (κ2) is 5.42. The highest BCUT2D eigenvalue weighted by Gasteiger charge is 2.12. The van der Waals surface area contributed by atoms with Gasteiger partial charge in [0.25, 0.3) is 0 Å². The van der Waals surface area contributed by atoms with Crippen molar-refractivity contribution in [3.05, 3.63) is 90.5 Å². The molecule has 1 heterocycles. The summed E-state index contributed by atoms with van der Waals surface area (Å²) in [4.78, 5) is 5.01. The van der Waals surface area contributed by atoms with Crippen molar-refractivity contribution in [2.45, 2.75) is 6.92 Å². The molecule has 25 heavy (non-hydrogen) atoms. The maximum Gasteiger partial charge on any atom is 0.0794 e. The molecule has 0 radical (unpaired) electrons. The Hall–Kier alpha value is -3.19. The predicted molar refractivity (Wildman–Crippen MR) is 107 cm³/mol. The highest BCUT2D eigenvalue weighted by molar-refractivity contribution is 6.16. The van der Waals surface area contributed by atoms with Crippen LogP contribution in [0.25, 0.3) is 43.7 Å². The Bertz CT molecular complexity index is 1230. The molecule has 0 fully saturated rings. The molecule has 0 aliphatic carbocycles. The average molecular weight is 319 g/mol. The summed E-state index contributed by atoms with van der Waals surface area (Å²) in [7, 11) is 0. The monoisotopic (exact) mass is 319 g/mol. The fraction of sp³-hybridized carbons (Fsp3) is 0.0417. The number of rotatable bonds is 1. The van der Waals surface area contributed by atoms with Crippen LogP contribution in [0.1, 0.15) is 5.56 Å². The van der Waals surface area contributed by atoms with Crippen molar-refractivity contribution in [3.63, 3.8) is 0 Å². The minimum atomic E-state index is 1.04. The normalized spacial score (nSPS) is 11.4. The largest absolute Gasteiger partial charge is 0.247 e. The van der Waals surface area contributed by atoms with Gasteiger partial charge in [-0.2, -0.15) is 0 Å². The summed E-state index contributed by atoms with van der Waals surface area (Å²) in [5, 5.41) is 4.85. The molecule has 5 aromatic rings. The molecule has 5 rings (SSSR count). The standard InChI is InChI=1S/C24H17N/c1-16-10-12-18(13-11-16)23-20-8-4-5-9-22(20)25-24-19-7-3-2-6-17(19)14-15-21(23)24/h2-15H,1H3. The second-order valence-corrected chi connectivity index (χ2v) is 6.55. The van der Waals surface area contributed by atoms with Crippen LogP contribution in [0.2, 0.25) is 0 Å². The van der Waals surface area contributed by atoms with E-state index in [4.69, 9.17) is 4.98 Å². The molecule has 1 nitrogen and oxygen atoms in total. The van der Waals surface area contributed by atoms with Crippen LogP contribution in [0.4, 0.5) is 0 Å². The lowest BCUT2D eigenvalue weighted by Gasteiger charge is -2.13. The summed E-state index contributed by atoms with van der Waals surface area (Å²) in [5.74, 6) is 0. The Kier molecular flexibility index (Phi) is 3.07. The minimum Gasteiger partial charge on any atom is -0.247 e. The first-order chi connectivity index (χ1) is 12.3. The highest BCUT2D eigenvalue weighted by Crippen LogP contribution is 2.37. The Balaban J connectivity index is 2.01. The average Bonchev–Trinajstić information content (AvgIpc) is 2.67. The molecular formula is C24H17N. The number of para-hydroxylation sites is 1. The predicted octanol–water partition coefficient (Wildman–Crippen LogP) is 6.52. The van der Waals surface area contributed by atoms with Crippen LogP contribution in [0.3, 0.4) is 0 Å². The van der Waals surface area contributed by atoms with Gasteiger partial charge in [-0.25, -0.2) is 4.98 Å². The minimum absolute atomic E-state index is 1.04. The van der Waals surface area contributed by atoms with Crippen molar-refractivity contribution >= 4 is 32.6 Å². The van der Waals surface area contributed by atoms with Crippen molar-refractivity contribution in [2.75, 3.05) is 0 Å². The number of pyridine rings is 1. The quantitative estimate of drug-likeness (QED) is 0.253. The molecule has 0 bridgehead atoms. The van der Waals surface area contributed by atoms with Gasteiger partial charge in [0.15, 0.2) is 0 Å². The lowest BCUT2D eigenvalue weighted by Crippen LogP contribution is -1.90. The summed E-state index contributed by atoms with van der Waals surface area (Å²) >= 11 is 0. The smallest absolute Gasteiger partial charge is 0.0794 e. The summed E-state index contributed by atoms with van der Waals surface area (Å²) in [6.45, 7) is 2.13. The number of fused-ring (bicyclic) bond motifs is 4. The summed E-state index contributed by atoms with van der Waals surface area (Å²) in [6, 6.07) is 30.1. The molecule has 0 saturated heterocycles. The number of aromatic nitrogens is 1. The molecule has 0 spiro atoms. The van der Waals surface area contributed by atoms with E-state index in [-0.39, 0.29) is 0 Å². The van der Waals surface area contributed by atoms with E-state index in [2.05, 4.69) is 91.9 Å². The van der Waals surface area contributed by atoms with E-state index in [1.807, 2.05) is 0 Å². The Labute approximate surface area is 146 Å². The Morgan fingerprint density at radius 3 is 2.16 bits per heavy atom. The van der Waals surface area contributed by atoms with Gasteiger partial charge in [0.1, 0.15) is 0 Å². The van der Waals surface area contributed by atoms with Gasteiger partial charge in [0.05, 0.1) is 11.0 Å². The molecule has 0 unspecified atom stereocenters. The first kappa shape index (κ1) is 14.2. The molecule has 0 amide bonds. The first-order valence-electron chi connectivity index (χ1n) is 8.58. The van der Waals surface area contributed by atoms with Crippen molar-refractivity contribution in [1.82, 2.24) is 4.98 Å². The number of hydrogen-bond donors (Lipinski definition) is 0. The van der Waals surface area contributed by atoms with Crippen molar-refractivity contribution < 1.29 is 0 Å². The molecule has 0 saturated carbocycles. The third-order valence-electron chi connectivity index (χ3n) is 4.92. The van der Waals surface area contributed by atoms with E-state index >= 15 is 0 Å². The van der Waals surface area contributed by atoms with Crippen LogP contribution in [-0.2, 0) is 0 Å². The molecule has 0 aliphatic rings. The van der Waals surface area contributed by atoms with Crippen molar-refractivity contribution in [1.29, 1.82) is 0 Å². The fourth-order valence-corrected chi connectivity index (χ4v) is 3.66.